The smallest absolute Gasteiger partial charge is 0.241 e. The Labute approximate surface area is 127 Å². The molecule has 0 aliphatic heterocycles. The van der Waals surface area contributed by atoms with Crippen molar-refractivity contribution in [2.45, 2.75) is 56.4 Å². The fraction of sp³-hybridized carbons (Fsp3) is 0.625. The summed E-state index contributed by atoms with van der Waals surface area (Å²) in [6.07, 6.45) is 4.30. The van der Waals surface area contributed by atoms with Crippen LogP contribution < -0.4 is 4.72 Å². The molecule has 4 nitrogen and oxygen atoms in total. The average molecular weight is 311 g/mol. The number of sulfonamides is 1. The Kier molecular flexibility index (Phi) is 5.07. The van der Waals surface area contributed by atoms with Gasteiger partial charge in [-0.15, -0.1) is 0 Å². The molecule has 2 N–H and O–H groups in total. The Hall–Kier alpha value is -0.910. The lowest BCUT2D eigenvalue weighted by Crippen LogP contribution is -2.53. The molecule has 0 aromatic heterocycles. The normalized spacial score (nSPS) is 26.7. The zero-order valence-corrected chi connectivity index (χ0v) is 13.6. The van der Waals surface area contributed by atoms with Gasteiger partial charge in [-0.2, -0.15) is 0 Å². The summed E-state index contributed by atoms with van der Waals surface area (Å²) < 4.78 is 27.9. The number of nitrogens with one attached hydrogen (secondary N) is 1. The minimum absolute atomic E-state index is 0.149. The average Bonchev–Trinajstić information content (AvgIpc) is 2.47. The summed E-state index contributed by atoms with van der Waals surface area (Å²) in [7, 11) is -3.59. The highest BCUT2D eigenvalue weighted by Gasteiger charge is 2.38. The molecule has 2 rings (SSSR count). The SMILES string of the molecule is CCc1ccc(S(=O)(=O)NC2(CO)CCCC(C)C2)cc1. The van der Waals surface area contributed by atoms with E-state index in [1.165, 1.54) is 0 Å². The summed E-state index contributed by atoms with van der Waals surface area (Å²) in [4.78, 5) is 0.269. The predicted octanol–water partition coefficient (Wildman–Crippen LogP) is 2.47. The molecular formula is C16H25NO3S. The molecule has 2 unspecified atom stereocenters. The predicted molar refractivity (Wildman–Crippen MR) is 83.6 cm³/mol. The van der Waals surface area contributed by atoms with Crippen LogP contribution in [-0.4, -0.2) is 25.7 Å². The van der Waals surface area contributed by atoms with Crippen molar-refractivity contribution < 1.29 is 13.5 Å². The van der Waals surface area contributed by atoms with Crippen LogP contribution in [0.15, 0.2) is 29.2 Å². The number of rotatable bonds is 5. The van der Waals surface area contributed by atoms with E-state index >= 15 is 0 Å². The minimum Gasteiger partial charge on any atom is -0.394 e. The van der Waals surface area contributed by atoms with Gasteiger partial charge in [0.2, 0.25) is 10.0 Å². The fourth-order valence-corrected chi connectivity index (χ4v) is 4.61. The second-order valence-electron chi connectivity index (χ2n) is 6.24. The van der Waals surface area contributed by atoms with E-state index in [4.69, 9.17) is 0 Å². The molecule has 0 saturated heterocycles. The summed E-state index contributed by atoms with van der Waals surface area (Å²) in [5.74, 6) is 0.427. The lowest BCUT2D eigenvalue weighted by atomic mass is 9.78. The van der Waals surface area contributed by atoms with Gasteiger partial charge in [0.05, 0.1) is 17.0 Å². The van der Waals surface area contributed by atoms with Crippen LogP contribution in [0.2, 0.25) is 0 Å². The van der Waals surface area contributed by atoms with Crippen LogP contribution in [0.3, 0.4) is 0 Å². The molecule has 1 fully saturated rings. The van der Waals surface area contributed by atoms with Gasteiger partial charge in [-0.05, 0) is 42.9 Å². The molecule has 21 heavy (non-hydrogen) atoms. The molecule has 0 bridgehead atoms. The van der Waals surface area contributed by atoms with Crippen LogP contribution in [0, 0.1) is 5.92 Å². The molecule has 0 radical (unpaired) electrons. The van der Waals surface area contributed by atoms with Gasteiger partial charge in [-0.3, -0.25) is 0 Å². The van der Waals surface area contributed by atoms with Crippen molar-refractivity contribution >= 4 is 10.0 Å². The topological polar surface area (TPSA) is 66.4 Å². The third kappa shape index (κ3) is 3.84. The molecule has 2 atom stereocenters. The number of hydrogen-bond acceptors (Lipinski definition) is 3. The Bertz CT molecular complexity index is 568. The first-order valence-corrected chi connectivity index (χ1v) is 9.13. The van der Waals surface area contributed by atoms with Crippen LogP contribution in [-0.2, 0) is 16.4 Å². The first-order chi connectivity index (χ1) is 9.91. The number of aliphatic hydroxyl groups is 1. The first kappa shape index (κ1) is 16.5. The highest BCUT2D eigenvalue weighted by atomic mass is 32.2. The van der Waals surface area contributed by atoms with Crippen LogP contribution in [0.4, 0.5) is 0 Å². The number of hydrogen-bond donors (Lipinski definition) is 2. The summed E-state index contributed by atoms with van der Waals surface area (Å²) in [6.45, 7) is 3.99. The van der Waals surface area contributed by atoms with Crippen molar-refractivity contribution in [3.05, 3.63) is 29.8 Å². The Morgan fingerprint density at radius 3 is 2.52 bits per heavy atom. The maximum absolute atomic E-state index is 12.5. The fourth-order valence-electron chi connectivity index (χ4n) is 3.18. The largest absolute Gasteiger partial charge is 0.394 e. The maximum atomic E-state index is 12.5. The molecule has 0 amide bonds. The summed E-state index contributed by atoms with van der Waals surface area (Å²) in [6, 6.07) is 6.95. The van der Waals surface area contributed by atoms with Gasteiger partial charge < -0.3 is 5.11 Å². The molecular weight excluding hydrogens is 286 g/mol. The van der Waals surface area contributed by atoms with Crippen molar-refractivity contribution in [2.24, 2.45) is 5.92 Å². The van der Waals surface area contributed by atoms with Gasteiger partial charge in [0.25, 0.3) is 0 Å². The molecule has 1 aliphatic carbocycles. The molecule has 1 aliphatic rings. The van der Waals surface area contributed by atoms with Gasteiger partial charge >= 0.3 is 0 Å². The Balaban J connectivity index is 2.22. The van der Waals surface area contributed by atoms with E-state index in [-0.39, 0.29) is 11.5 Å². The van der Waals surface area contributed by atoms with E-state index in [1.807, 2.05) is 19.1 Å². The highest BCUT2D eigenvalue weighted by molar-refractivity contribution is 7.89. The highest BCUT2D eigenvalue weighted by Crippen LogP contribution is 2.33. The number of aliphatic hydroxyl groups excluding tert-OH is 1. The van der Waals surface area contributed by atoms with Crippen molar-refractivity contribution in [2.75, 3.05) is 6.61 Å². The lowest BCUT2D eigenvalue weighted by Gasteiger charge is -2.39. The standard InChI is InChI=1S/C16H25NO3S/c1-3-14-6-8-15(9-7-14)21(19,20)17-16(12-18)10-4-5-13(2)11-16/h6-9,13,17-18H,3-5,10-12H2,1-2H3. The van der Waals surface area contributed by atoms with Gasteiger partial charge in [0, 0.05) is 0 Å². The molecule has 118 valence electrons. The molecule has 0 heterocycles. The minimum atomic E-state index is -3.59. The van der Waals surface area contributed by atoms with Crippen LogP contribution >= 0.6 is 0 Å². The summed E-state index contributed by atoms with van der Waals surface area (Å²) >= 11 is 0. The Morgan fingerprint density at radius 2 is 2.00 bits per heavy atom. The zero-order chi connectivity index (χ0) is 15.5. The third-order valence-electron chi connectivity index (χ3n) is 4.39. The molecule has 1 aromatic rings. The van der Waals surface area contributed by atoms with E-state index in [9.17, 15) is 13.5 Å². The van der Waals surface area contributed by atoms with Crippen molar-refractivity contribution in [1.29, 1.82) is 0 Å². The number of benzene rings is 1. The molecule has 1 aromatic carbocycles. The van der Waals surface area contributed by atoms with E-state index < -0.39 is 15.6 Å². The van der Waals surface area contributed by atoms with Gasteiger partial charge in [0.15, 0.2) is 0 Å². The lowest BCUT2D eigenvalue weighted by molar-refractivity contribution is 0.120. The second-order valence-corrected chi connectivity index (χ2v) is 7.93. The third-order valence-corrected chi connectivity index (χ3v) is 5.98. The van der Waals surface area contributed by atoms with E-state index in [0.717, 1.165) is 24.8 Å². The van der Waals surface area contributed by atoms with Gasteiger partial charge in [-0.25, -0.2) is 13.1 Å². The van der Waals surface area contributed by atoms with Gasteiger partial charge in [-0.1, -0.05) is 38.8 Å². The Morgan fingerprint density at radius 1 is 1.33 bits per heavy atom. The van der Waals surface area contributed by atoms with E-state index in [1.54, 1.807) is 12.1 Å². The molecule has 0 spiro atoms. The van der Waals surface area contributed by atoms with Crippen LogP contribution in [0.5, 0.6) is 0 Å². The molecule has 1 saturated carbocycles. The van der Waals surface area contributed by atoms with Crippen molar-refractivity contribution in [1.82, 2.24) is 4.72 Å². The van der Waals surface area contributed by atoms with Crippen LogP contribution in [0.1, 0.15) is 45.1 Å². The molecule has 5 heteroatoms. The number of aryl methyl sites for hydroxylation is 1. The van der Waals surface area contributed by atoms with E-state index in [0.29, 0.717) is 18.8 Å². The second kappa shape index (κ2) is 6.46. The quantitative estimate of drug-likeness (QED) is 0.878. The maximum Gasteiger partial charge on any atom is 0.241 e. The monoisotopic (exact) mass is 311 g/mol. The summed E-state index contributed by atoms with van der Waals surface area (Å²) in [5.41, 5.74) is 0.400. The van der Waals surface area contributed by atoms with Crippen LogP contribution in [0.25, 0.3) is 0 Å². The van der Waals surface area contributed by atoms with Crippen molar-refractivity contribution in [3.8, 4) is 0 Å². The first-order valence-electron chi connectivity index (χ1n) is 7.64. The zero-order valence-electron chi connectivity index (χ0n) is 12.8. The van der Waals surface area contributed by atoms with E-state index in [2.05, 4.69) is 11.6 Å². The van der Waals surface area contributed by atoms with Crippen molar-refractivity contribution in [3.63, 3.8) is 0 Å². The van der Waals surface area contributed by atoms with Gasteiger partial charge in [0.1, 0.15) is 0 Å². The summed E-state index contributed by atoms with van der Waals surface area (Å²) in [5, 5.41) is 9.72.